The lowest BCUT2D eigenvalue weighted by molar-refractivity contribution is -0.113. The van der Waals surface area contributed by atoms with Gasteiger partial charge in [-0.3, -0.25) is 9.59 Å². The third-order valence-electron chi connectivity index (χ3n) is 4.31. The average molecular weight is 434 g/mol. The zero-order valence-electron chi connectivity index (χ0n) is 16.9. The van der Waals surface area contributed by atoms with Crippen LogP contribution < -0.4 is 10.6 Å². The number of hydrogen-bond donors (Lipinski definition) is 2. The third-order valence-corrected chi connectivity index (χ3v) is 5.29. The number of carbonyl (C=O) groups excluding carboxylic acids is 2. The lowest BCUT2D eigenvalue weighted by atomic mass is 10.1. The van der Waals surface area contributed by atoms with E-state index in [9.17, 15) is 19.2 Å². The van der Waals surface area contributed by atoms with Gasteiger partial charge in [0.15, 0.2) is 0 Å². The Morgan fingerprint density at radius 1 is 1.10 bits per heavy atom. The van der Waals surface area contributed by atoms with E-state index in [1.807, 2.05) is 19.9 Å². The number of rotatable bonds is 6. The van der Waals surface area contributed by atoms with Gasteiger partial charge in [0.2, 0.25) is 5.91 Å². The molecule has 156 valence electrons. The molecule has 0 aliphatic carbocycles. The highest BCUT2D eigenvalue weighted by atomic mass is 32.2. The van der Waals surface area contributed by atoms with E-state index in [1.54, 1.807) is 24.3 Å². The minimum absolute atomic E-state index is 0.0263. The van der Waals surface area contributed by atoms with Crippen LogP contribution in [-0.4, -0.2) is 22.6 Å². The lowest BCUT2D eigenvalue weighted by Gasteiger charge is -2.12. The fourth-order valence-electron chi connectivity index (χ4n) is 2.88. The molecule has 3 aromatic rings. The van der Waals surface area contributed by atoms with Crippen molar-refractivity contribution < 1.29 is 14.0 Å². The summed E-state index contributed by atoms with van der Waals surface area (Å²) in [7, 11) is 0. The molecule has 0 atom stereocenters. The zero-order valence-corrected chi connectivity index (χ0v) is 17.7. The van der Waals surface area contributed by atoms with E-state index in [4.69, 9.17) is 0 Å². The second-order valence-corrected chi connectivity index (χ2v) is 7.68. The molecule has 0 radical (unpaired) electrons. The van der Waals surface area contributed by atoms with Crippen LogP contribution in [0.25, 0.3) is 0 Å². The largest absolute Gasteiger partial charge is 0.325 e. The van der Waals surface area contributed by atoms with Gasteiger partial charge in [-0.2, -0.15) is 5.26 Å². The Labute approximate surface area is 183 Å². The molecule has 2 N–H and O–H groups in total. The molecule has 31 heavy (non-hydrogen) atoms. The number of carbonyl (C=O) groups is 2. The molecular formula is C23H19FN4O2S. The van der Waals surface area contributed by atoms with Crippen molar-refractivity contribution in [1.82, 2.24) is 4.98 Å². The number of aromatic nitrogens is 1. The highest BCUT2D eigenvalue weighted by Crippen LogP contribution is 2.24. The Kier molecular flexibility index (Phi) is 7.00. The molecule has 0 fully saturated rings. The van der Waals surface area contributed by atoms with Gasteiger partial charge in [0.25, 0.3) is 5.91 Å². The molecule has 0 unspecified atom stereocenters. The van der Waals surface area contributed by atoms with E-state index in [1.165, 1.54) is 24.3 Å². The van der Waals surface area contributed by atoms with Crippen molar-refractivity contribution in [3.05, 3.63) is 82.8 Å². The summed E-state index contributed by atoms with van der Waals surface area (Å²) in [6, 6.07) is 15.9. The summed E-state index contributed by atoms with van der Waals surface area (Å²) in [5.41, 5.74) is 3.08. The van der Waals surface area contributed by atoms with Crippen LogP contribution in [0.15, 0.2) is 59.6 Å². The zero-order chi connectivity index (χ0) is 22.4. The topological polar surface area (TPSA) is 94.9 Å². The first-order valence-corrected chi connectivity index (χ1v) is 10.3. The summed E-state index contributed by atoms with van der Waals surface area (Å²) in [6.45, 7) is 3.65. The summed E-state index contributed by atoms with van der Waals surface area (Å²) in [5, 5.41) is 15.3. The molecule has 0 saturated heterocycles. The van der Waals surface area contributed by atoms with Crippen molar-refractivity contribution in [1.29, 1.82) is 5.26 Å². The van der Waals surface area contributed by atoms with Crippen molar-refractivity contribution in [3.8, 4) is 6.07 Å². The minimum Gasteiger partial charge on any atom is -0.325 e. The number of benzene rings is 2. The van der Waals surface area contributed by atoms with Crippen LogP contribution in [0.3, 0.4) is 0 Å². The van der Waals surface area contributed by atoms with E-state index in [0.29, 0.717) is 22.0 Å². The van der Waals surface area contributed by atoms with Gasteiger partial charge in [-0.25, -0.2) is 9.37 Å². The number of para-hydroxylation sites is 1. The summed E-state index contributed by atoms with van der Waals surface area (Å²) < 4.78 is 13.1. The van der Waals surface area contributed by atoms with Crippen molar-refractivity contribution >= 4 is 35.0 Å². The van der Waals surface area contributed by atoms with Crippen molar-refractivity contribution in [2.75, 3.05) is 16.4 Å². The molecule has 0 spiro atoms. The first kappa shape index (κ1) is 22.0. The van der Waals surface area contributed by atoms with Crippen molar-refractivity contribution in [3.63, 3.8) is 0 Å². The van der Waals surface area contributed by atoms with Gasteiger partial charge >= 0.3 is 0 Å². The van der Waals surface area contributed by atoms with Crippen molar-refractivity contribution in [2.45, 2.75) is 18.9 Å². The van der Waals surface area contributed by atoms with Gasteiger partial charge in [-0.05, 0) is 61.9 Å². The number of nitrogens with one attached hydrogen (secondary N) is 2. The smallest absolute Gasteiger partial charge is 0.257 e. The summed E-state index contributed by atoms with van der Waals surface area (Å²) in [5.74, 6) is -1.14. The summed E-state index contributed by atoms with van der Waals surface area (Å²) >= 11 is 1.16. The van der Waals surface area contributed by atoms with Crippen LogP contribution in [0.5, 0.6) is 0 Å². The molecule has 2 amide bonds. The van der Waals surface area contributed by atoms with E-state index in [0.717, 1.165) is 23.0 Å². The Morgan fingerprint density at radius 3 is 2.52 bits per heavy atom. The standard InChI is InChI=1S/C23H19FN4O2S/c1-14-11-15(2)26-23(19(14)12-25)31-13-21(29)28-20-6-4-3-5-18(20)22(30)27-17-9-7-16(24)8-10-17/h3-11H,13H2,1-2H3,(H,27,30)(H,28,29). The molecule has 6 nitrogen and oxygen atoms in total. The normalized spacial score (nSPS) is 10.3. The maximum absolute atomic E-state index is 13.1. The molecule has 8 heteroatoms. The van der Waals surface area contributed by atoms with E-state index >= 15 is 0 Å². The fourth-order valence-corrected chi connectivity index (χ4v) is 3.78. The summed E-state index contributed by atoms with van der Waals surface area (Å²) in [4.78, 5) is 29.5. The predicted octanol–water partition coefficient (Wildman–Crippen LogP) is 4.69. The molecule has 1 heterocycles. The van der Waals surface area contributed by atoms with Gasteiger partial charge < -0.3 is 10.6 Å². The highest BCUT2D eigenvalue weighted by molar-refractivity contribution is 8.00. The molecule has 0 bridgehead atoms. The molecular weight excluding hydrogens is 415 g/mol. The Balaban J connectivity index is 1.69. The van der Waals surface area contributed by atoms with E-state index < -0.39 is 11.7 Å². The molecule has 0 aliphatic heterocycles. The predicted molar refractivity (Wildman–Crippen MR) is 119 cm³/mol. The number of thioether (sulfide) groups is 1. The number of amides is 2. The third kappa shape index (κ3) is 5.68. The molecule has 3 rings (SSSR count). The number of aryl methyl sites for hydroxylation is 2. The van der Waals surface area contributed by atoms with E-state index in [2.05, 4.69) is 21.7 Å². The van der Waals surface area contributed by atoms with Crippen LogP contribution in [0.4, 0.5) is 15.8 Å². The Hall–Kier alpha value is -3.70. The quantitative estimate of drug-likeness (QED) is 0.549. The van der Waals surface area contributed by atoms with Crippen LogP contribution in [0.1, 0.15) is 27.2 Å². The number of pyridine rings is 1. The van der Waals surface area contributed by atoms with Crippen LogP contribution in [-0.2, 0) is 4.79 Å². The molecule has 0 saturated carbocycles. The van der Waals surface area contributed by atoms with Crippen molar-refractivity contribution in [2.24, 2.45) is 0 Å². The maximum Gasteiger partial charge on any atom is 0.257 e. The van der Waals surface area contributed by atoms with Gasteiger partial charge in [-0.15, -0.1) is 0 Å². The Bertz CT molecular complexity index is 1170. The van der Waals surface area contributed by atoms with Gasteiger partial charge in [0.05, 0.1) is 22.6 Å². The second-order valence-electron chi connectivity index (χ2n) is 6.72. The van der Waals surface area contributed by atoms with Crippen LogP contribution in [0, 0.1) is 31.0 Å². The first-order valence-electron chi connectivity index (χ1n) is 9.34. The fraction of sp³-hybridized carbons (Fsp3) is 0.130. The number of nitriles is 1. The average Bonchev–Trinajstić information content (AvgIpc) is 2.74. The molecule has 1 aromatic heterocycles. The monoisotopic (exact) mass is 434 g/mol. The van der Waals surface area contributed by atoms with Crippen LogP contribution >= 0.6 is 11.8 Å². The highest BCUT2D eigenvalue weighted by Gasteiger charge is 2.15. The Morgan fingerprint density at radius 2 is 1.81 bits per heavy atom. The first-order chi connectivity index (χ1) is 14.9. The summed E-state index contributed by atoms with van der Waals surface area (Å²) in [6.07, 6.45) is 0. The SMILES string of the molecule is Cc1cc(C)c(C#N)c(SCC(=O)Nc2ccccc2C(=O)Nc2ccc(F)cc2)n1. The maximum atomic E-state index is 13.1. The minimum atomic E-state index is -0.432. The van der Waals surface area contributed by atoms with Crippen LogP contribution in [0.2, 0.25) is 0 Å². The second kappa shape index (κ2) is 9.87. The number of anilines is 2. The van der Waals surface area contributed by atoms with Gasteiger partial charge in [0, 0.05) is 11.4 Å². The van der Waals surface area contributed by atoms with E-state index in [-0.39, 0.29) is 17.2 Å². The number of hydrogen-bond acceptors (Lipinski definition) is 5. The lowest BCUT2D eigenvalue weighted by Crippen LogP contribution is -2.19. The number of halogens is 1. The van der Waals surface area contributed by atoms with Gasteiger partial charge in [0.1, 0.15) is 16.9 Å². The number of nitrogens with zero attached hydrogens (tertiary/aromatic N) is 2. The molecule has 0 aliphatic rings. The van der Waals surface area contributed by atoms with Gasteiger partial charge in [-0.1, -0.05) is 23.9 Å². The molecule has 2 aromatic carbocycles.